The predicted molar refractivity (Wildman–Crippen MR) is 88.2 cm³/mol. The first kappa shape index (κ1) is 15.2. The summed E-state index contributed by atoms with van der Waals surface area (Å²) in [5, 5.41) is 13.9. The molecule has 0 saturated carbocycles. The summed E-state index contributed by atoms with van der Waals surface area (Å²) in [6.07, 6.45) is 0. The van der Waals surface area contributed by atoms with Crippen molar-refractivity contribution in [3.05, 3.63) is 65.5 Å². The van der Waals surface area contributed by atoms with Crippen molar-refractivity contribution in [2.45, 2.75) is 20.1 Å². The zero-order valence-corrected chi connectivity index (χ0v) is 13.2. The molecule has 1 N–H and O–H groups in total. The first-order chi connectivity index (χ1) is 11.2. The summed E-state index contributed by atoms with van der Waals surface area (Å²) in [7, 11) is 1.65. The average molecular weight is 309 g/mol. The summed E-state index contributed by atoms with van der Waals surface area (Å²) in [4.78, 5) is 4.56. The molecule has 0 aliphatic carbocycles. The second-order valence-electron chi connectivity index (χ2n) is 5.35. The molecular weight excluding hydrogens is 290 g/mol. The summed E-state index contributed by atoms with van der Waals surface area (Å²) in [6.45, 7) is 2.48. The van der Waals surface area contributed by atoms with Crippen molar-refractivity contribution in [1.29, 1.82) is 0 Å². The van der Waals surface area contributed by atoms with Gasteiger partial charge < -0.3 is 9.84 Å². The third kappa shape index (κ3) is 3.40. The van der Waals surface area contributed by atoms with Crippen LogP contribution in [0.25, 0.3) is 11.4 Å². The van der Waals surface area contributed by atoms with Gasteiger partial charge in [-0.25, -0.2) is 0 Å². The lowest BCUT2D eigenvalue weighted by atomic mass is 10.2. The zero-order valence-electron chi connectivity index (χ0n) is 13.2. The van der Waals surface area contributed by atoms with Crippen LogP contribution >= 0.6 is 0 Å². The minimum Gasteiger partial charge on any atom is -0.497 e. The fourth-order valence-electron chi connectivity index (χ4n) is 2.46. The molecular formula is C18H19N3O2. The van der Waals surface area contributed by atoms with Crippen molar-refractivity contribution < 1.29 is 9.84 Å². The Hall–Kier alpha value is -2.66. The molecule has 2 aromatic heterocycles. The third-order valence-electron chi connectivity index (χ3n) is 3.63. The van der Waals surface area contributed by atoms with Crippen LogP contribution in [0.3, 0.4) is 0 Å². The van der Waals surface area contributed by atoms with E-state index in [9.17, 15) is 5.11 Å². The molecule has 1 aromatic carbocycles. The summed E-state index contributed by atoms with van der Waals surface area (Å²) in [5.74, 6) is 0.825. The van der Waals surface area contributed by atoms with Crippen LogP contribution in [-0.2, 0) is 13.2 Å². The monoisotopic (exact) mass is 309 g/mol. The Labute approximate surface area is 135 Å². The van der Waals surface area contributed by atoms with Crippen molar-refractivity contribution in [2.24, 2.45) is 0 Å². The maximum Gasteiger partial charge on any atom is 0.118 e. The van der Waals surface area contributed by atoms with Gasteiger partial charge in [-0.05, 0) is 42.8 Å². The molecule has 0 spiro atoms. The standard InChI is InChI=1S/C18H19N3O2/c1-13-4-3-5-17(19-13)18-10-15(12-22)20-21(18)11-14-6-8-16(23-2)9-7-14/h3-10,22H,11-12H2,1-2H3. The number of aliphatic hydroxyl groups is 1. The lowest BCUT2D eigenvalue weighted by Crippen LogP contribution is -2.05. The van der Waals surface area contributed by atoms with Crippen LogP contribution in [0.2, 0.25) is 0 Å². The Morgan fingerprint density at radius 2 is 1.91 bits per heavy atom. The number of aryl methyl sites for hydroxylation is 1. The number of benzene rings is 1. The highest BCUT2D eigenvalue weighted by molar-refractivity contribution is 5.55. The minimum absolute atomic E-state index is 0.0889. The molecule has 0 bridgehead atoms. The number of ether oxygens (including phenoxy) is 1. The van der Waals surface area contributed by atoms with Gasteiger partial charge in [0, 0.05) is 5.69 Å². The molecule has 3 aromatic rings. The van der Waals surface area contributed by atoms with E-state index in [-0.39, 0.29) is 6.61 Å². The van der Waals surface area contributed by atoms with Gasteiger partial charge in [-0.2, -0.15) is 5.10 Å². The highest BCUT2D eigenvalue weighted by Crippen LogP contribution is 2.21. The fourth-order valence-corrected chi connectivity index (χ4v) is 2.46. The highest BCUT2D eigenvalue weighted by Gasteiger charge is 2.11. The van der Waals surface area contributed by atoms with Gasteiger partial charge in [0.2, 0.25) is 0 Å². The normalized spacial score (nSPS) is 10.7. The van der Waals surface area contributed by atoms with Gasteiger partial charge in [-0.1, -0.05) is 18.2 Å². The molecule has 2 heterocycles. The molecule has 0 amide bonds. The van der Waals surface area contributed by atoms with Crippen molar-refractivity contribution in [3.8, 4) is 17.1 Å². The highest BCUT2D eigenvalue weighted by atomic mass is 16.5. The Balaban J connectivity index is 1.96. The molecule has 0 atom stereocenters. The number of hydrogen-bond acceptors (Lipinski definition) is 4. The van der Waals surface area contributed by atoms with E-state index >= 15 is 0 Å². The molecule has 0 aliphatic heterocycles. The van der Waals surface area contributed by atoms with E-state index in [0.29, 0.717) is 12.2 Å². The average Bonchev–Trinajstić information content (AvgIpc) is 2.98. The molecule has 0 radical (unpaired) electrons. The summed E-state index contributed by atoms with van der Waals surface area (Å²) < 4.78 is 7.05. The molecule has 23 heavy (non-hydrogen) atoms. The van der Waals surface area contributed by atoms with Gasteiger partial charge in [-0.15, -0.1) is 0 Å². The lowest BCUT2D eigenvalue weighted by Gasteiger charge is -2.08. The molecule has 0 unspecified atom stereocenters. The topological polar surface area (TPSA) is 60.2 Å². The maximum absolute atomic E-state index is 9.40. The van der Waals surface area contributed by atoms with Gasteiger partial charge in [0.15, 0.2) is 0 Å². The first-order valence-electron chi connectivity index (χ1n) is 7.44. The van der Waals surface area contributed by atoms with Crippen LogP contribution in [0, 0.1) is 6.92 Å². The smallest absolute Gasteiger partial charge is 0.118 e. The van der Waals surface area contributed by atoms with Gasteiger partial charge in [0.1, 0.15) is 5.75 Å². The van der Waals surface area contributed by atoms with E-state index in [4.69, 9.17) is 4.74 Å². The second-order valence-corrected chi connectivity index (χ2v) is 5.35. The molecule has 5 heteroatoms. The number of aromatic nitrogens is 3. The zero-order chi connectivity index (χ0) is 16.2. The Morgan fingerprint density at radius 1 is 1.13 bits per heavy atom. The number of pyridine rings is 1. The molecule has 0 saturated heterocycles. The third-order valence-corrected chi connectivity index (χ3v) is 3.63. The summed E-state index contributed by atoms with van der Waals surface area (Å²) in [5.41, 5.74) is 4.44. The van der Waals surface area contributed by atoms with E-state index < -0.39 is 0 Å². The van der Waals surface area contributed by atoms with E-state index in [2.05, 4.69) is 10.1 Å². The number of nitrogens with zero attached hydrogens (tertiary/aromatic N) is 3. The van der Waals surface area contributed by atoms with Gasteiger partial charge >= 0.3 is 0 Å². The Bertz CT molecular complexity index is 794. The van der Waals surface area contributed by atoms with Crippen molar-refractivity contribution in [3.63, 3.8) is 0 Å². The summed E-state index contributed by atoms with van der Waals surface area (Å²) >= 11 is 0. The van der Waals surface area contributed by atoms with Crippen molar-refractivity contribution >= 4 is 0 Å². The quantitative estimate of drug-likeness (QED) is 0.787. The SMILES string of the molecule is COc1ccc(Cn2nc(CO)cc2-c2cccc(C)n2)cc1. The predicted octanol–water partition coefficient (Wildman–Crippen LogP) is 2.80. The van der Waals surface area contributed by atoms with E-state index in [1.807, 2.05) is 60.1 Å². The fraction of sp³-hybridized carbons (Fsp3) is 0.222. The van der Waals surface area contributed by atoms with Gasteiger partial charge in [0.05, 0.1) is 37.3 Å². The van der Waals surface area contributed by atoms with Crippen molar-refractivity contribution in [2.75, 3.05) is 7.11 Å². The molecule has 0 aliphatic rings. The van der Waals surface area contributed by atoms with Crippen molar-refractivity contribution in [1.82, 2.24) is 14.8 Å². The number of hydrogen-bond donors (Lipinski definition) is 1. The van der Waals surface area contributed by atoms with E-state index in [1.165, 1.54) is 0 Å². The molecule has 118 valence electrons. The number of aliphatic hydroxyl groups excluding tert-OH is 1. The lowest BCUT2D eigenvalue weighted by molar-refractivity contribution is 0.275. The van der Waals surface area contributed by atoms with Crippen LogP contribution < -0.4 is 4.74 Å². The minimum atomic E-state index is -0.0889. The molecule has 0 fully saturated rings. The van der Waals surface area contributed by atoms with Gasteiger partial charge in [0.25, 0.3) is 0 Å². The first-order valence-corrected chi connectivity index (χ1v) is 7.44. The number of methoxy groups -OCH3 is 1. The van der Waals surface area contributed by atoms with Crippen LogP contribution in [0.5, 0.6) is 5.75 Å². The Morgan fingerprint density at radius 3 is 2.57 bits per heavy atom. The van der Waals surface area contributed by atoms with E-state index in [0.717, 1.165) is 28.4 Å². The molecule has 5 nitrogen and oxygen atoms in total. The second kappa shape index (κ2) is 6.62. The summed E-state index contributed by atoms with van der Waals surface area (Å²) in [6, 6.07) is 15.6. The van der Waals surface area contributed by atoms with Crippen LogP contribution in [0.4, 0.5) is 0 Å². The molecule has 3 rings (SSSR count). The largest absolute Gasteiger partial charge is 0.497 e. The van der Waals surface area contributed by atoms with Crippen LogP contribution in [0.15, 0.2) is 48.5 Å². The maximum atomic E-state index is 9.40. The number of rotatable bonds is 5. The Kier molecular flexibility index (Phi) is 4.39. The van der Waals surface area contributed by atoms with E-state index in [1.54, 1.807) is 7.11 Å². The van der Waals surface area contributed by atoms with Crippen LogP contribution in [-0.4, -0.2) is 27.0 Å². The van der Waals surface area contributed by atoms with Gasteiger partial charge in [-0.3, -0.25) is 9.67 Å². The van der Waals surface area contributed by atoms with Crippen LogP contribution in [0.1, 0.15) is 17.0 Å².